The molecule has 0 aromatic carbocycles. The standard InChI is InChI=1S/C17H39N3O3Si/c1-5-21-24(22-6-2,16-8-7-10-18-4)23-17(3)9-13-20-14-11-19-12-15-20/h17-19H,5-16H2,1-4H3. The van der Waals surface area contributed by atoms with Crippen molar-refractivity contribution in [2.45, 2.75) is 52.2 Å². The van der Waals surface area contributed by atoms with Crippen molar-refractivity contribution in [2.24, 2.45) is 0 Å². The molecule has 1 saturated heterocycles. The van der Waals surface area contributed by atoms with Gasteiger partial charge in [-0.15, -0.1) is 0 Å². The molecule has 0 aliphatic carbocycles. The highest BCUT2D eigenvalue weighted by molar-refractivity contribution is 6.60. The van der Waals surface area contributed by atoms with Crippen LogP contribution >= 0.6 is 0 Å². The Hall–Kier alpha value is -0.0231. The molecule has 1 fully saturated rings. The van der Waals surface area contributed by atoms with Gasteiger partial charge in [-0.1, -0.05) is 0 Å². The van der Waals surface area contributed by atoms with Gasteiger partial charge in [0.15, 0.2) is 0 Å². The zero-order valence-electron chi connectivity index (χ0n) is 16.2. The van der Waals surface area contributed by atoms with Crippen LogP contribution in [0, 0.1) is 0 Å². The van der Waals surface area contributed by atoms with Crippen LogP contribution < -0.4 is 10.6 Å². The molecule has 0 bridgehead atoms. The van der Waals surface area contributed by atoms with Crippen LogP contribution in [-0.2, 0) is 13.3 Å². The number of hydrogen-bond acceptors (Lipinski definition) is 6. The molecule has 24 heavy (non-hydrogen) atoms. The molecule has 144 valence electrons. The van der Waals surface area contributed by atoms with E-state index in [1.165, 1.54) is 0 Å². The van der Waals surface area contributed by atoms with Crippen molar-refractivity contribution in [1.29, 1.82) is 0 Å². The van der Waals surface area contributed by atoms with Crippen LogP contribution in [0.3, 0.4) is 0 Å². The van der Waals surface area contributed by atoms with E-state index in [1.807, 2.05) is 20.9 Å². The third-order valence-electron chi connectivity index (χ3n) is 4.33. The second-order valence-electron chi connectivity index (χ2n) is 6.42. The number of hydrogen-bond donors (Lipinski definition) is 2. The van der Waals surface area contributed by atoms with E-state index in [2.05, 4.69) is 22.5 Å². The quantitative estimate of drug-likeness (QED) is 0.363. The number of unbranched alkanes of at least 4 members (excludes halogenated alkanes) is 1. The van der Waals surface area contributed by atoms with Gasteiger partial charge < -0.3 is 28.8 Å². The lowest BCUT2D eigenvalue weighted by Crippen LogP contribution is -2.49. The molecule has 0 amide bonds. The molecule has 7 heteroatoms. The maximum Gasteiger partial charge on any atom is 0.501 e. The monoisotopic (exact) mass is 361 g/mol. The van der Waals surface area contributed by atoms with Gasteiger partial charge in [-0.3, -0.25) is 0 Å². The molecule has 2 N–H and O–H groups in total. The summed E-state index contributed by atoms with van der Waals surface area (Å²) in [4.78, 5) is 2.51. The first kappa shape index (κ1) is 22.0. The maximum atomic E-state index is 6.42. The van der Waals surface area contributed by atoms with Crippen LogP contribution in [0.2, 0.25) is 6.04 Å². The summed E-state index contributed by atoms with van der Waals surface area (Å²) in [7, 11) is -0.563. The van der Waals surface area contributed by atoms with Gasteiger partial charge in [0, 0.05) is 58.1 Å². The summed E-state index contributed by atoms with van der Waals surface area (Å²) in [6.07, 6.45) is 3.42. The van der Waals surface area contributed by atoms with Crippen molar-refractivity contribution >= 4 is 8.80 Å². The van der Waals surface area contributed by atoms with Crippen molar-refractivity contribution in [2.75, 3.05) is 59.5 Å². The molecule has 0 aromatic rings. The van der Waals surface area contributed by atoms with Gasteiger partial charge in [0.05, 0.1) is 0 Å². The molecular weight excluding hydrogens is 322 g/mol. The molecule has 1 atom stereocenters. The van der Waals surface area contributed by atoms with Crippen LogP contribution in [0.4, 0.5) is 0 Å². The molecule has 1 unspecified atom stereocenters. The minimum Gasteiger partial charge on any atom is -0.374 e. The van der Waals surface area contributed by atoms with Crippen LogP contribution in [0.15, 0.2) is 0 Å². The SMILES string of the molecule is CCO[Si](CCCCNC)(OCC)OC(C)CCN1CCNCC1. The average molecular weight is 362 g/mol. The van der Waals surface area contributed by atoms with Gasteiger partial charge in [-0.05, 0) is 53.6 Å². The number of rotatable bonds is 14. The second-order valence-corrected chi connectivity index (χ2v) is 9.10. The second kappa shape index (κ2) is 13.2. The minimum atomic E-state index is -2.55. The molecule has 0 aromatic heterocycles. The topological polar surface area (TPSA) is 55.0 Å². The lowest BCUT2D eigenvalue weighted by atomic mass is 10.2. The van der Waals surface area contributed by atoms with Crippen molar-refractivity contribution in [1.82, 2.24) is 15.5 Å². The van der Waals surface area contributed by atoms with E-state index in [0.717, 1.165) is 64.6 Å². The van der Waals surface area contributed by atoms with Crippen molar-refractivity contribution in [3.8, 4) is 0 Å². The summed E-state index contributed by atoms with van der Waals surface area (Å²) in [5.74, 6) is 0. The summed E-state index contributed by atoms with van der Waals surface area (Å²) in [6.45, 7) is 14.1. The lowest BCUT2D eigenvalue weighted by Gasteiger charge is -2.33. The molecule has 1 aliphatic rings. The fraction of sp³-hybridized carbons (Fsp3) is 1.00. The molecule has 0 radical (unpaired) electrons. The van der Waals surface area contributed by atoms with Gasteiger partial charge in [-0.25, -0.2) is 0 Å². The van der Waals surface area contributed by atoms with Gasteiger partial charge in [-0.2, -0.15) is 0 Å². The van der Waals surface area contributed by atoms with E-state index >= 15 is 0 Å². The van der Waals surface area contributed by atoms with E-state index < -0.39 is 8.80 Å². The summed E-state index contributed by atoms with van der Waals surface area (Å²) < 4.78 is 18.5. The lowest BCUT2D eigenvalue weighted by molar-refractivity contribution is 0.0311. The van der Waals surface area contributed by atoms with Gasteiger partial charge in [0.1, 0.15) is 0 Å². The highest BCUT2D eigenvalue weighted by atomic mass is 28.4. The van der Waals surface area contributed by atoms with E-state index in [-0.39, 0.29) is 6.10 Å². The Kier molecular flexibility index (Phi) is 12.1. The van der Waals surface area contributed by atoms with Crippen LogP contribution in [0.25, 0.3) is 0 Å². The highest BCUT2D eigenvalue weighted by Gasteiger charge is 2.41. The van der Waals surface area contributed by atoms with Crippen LogP contribution in [0.1, 0.15) is 40.0 Å². The Bertz CT molecular complexity index is 299. The molecule has 6 nitrogen and oxygen atoms in total. The van der Waals surface area contributed by atoms with Crippen LogP contribution in [0.5, 0.6) is 0 Å². The smallest absolute Gasteiger partial charge is 0.374 e. The highest BCUT2D eigenvalue weighted by Crippen LogP contribution is 2.22. The Morgan fingerprint density at radius 3 is 2.38 bits per heavy atom. The normalized spacial score (nSPS) is 18.0. The Morgan fingerprint density at radius 1 is 1.12 bits per heavy atom. The molecule has 1 heterocycles. The van der Waals surface area contributed by atoms with Gasteiger partial charge in [0.25, 0.3) is 0 Å². The minimum absolute atomic E-state index is 0.175. The summed E-state index contributed by atoms with van der Waals surface area (Å²) in [6, 6.07) is 0.911. The first-order valence-corrected chi connectivity index (χ1v) is 11.6. The predicted octanol–water partition coefficient (Wildman–Crippen LogP) is 1.70. The molecule has 0 spiro atoms. The predicted molar refractivity (Wildman–Crippen MR) is 101 cm³/mol. The van der Waals surface area contributed by atoms with E-state index in [1.54, 1.807) is 0 Å². The Labute approximate surface area is 150 Å². The van der Waals surface area contributed by atoms with Crippen LogP contribution in [-0.4, -0.2) is 79.3 Å². The summed E-state index contributed by atoms with van der Waals surface area (Å²) in [5.41, 5.74) is 0. The number of piperazine rings is 1. The molecular formula is C17H39N3O3Si. The Balaban J connectivity index is 2.46. The van der Waals surface area contributed by atoms with Crippen molar-refractivity contribution < 1.29 is 13.3 Å². The van der Waals surface area contributed by atoms with E-state index in [0.29, 0.717) is 13.2 Å². The third-order valence-corrected chi connectivity index (χ3v) is 7.51. The van der Waals surface area contributed by atoms with Gasteiger partial charge in [0.2, 0.25) is 0 Å². The fourth-order valence-electron chi connectivity index (χ4n) is 3.06. The van der Waals surface area contributed by atoms with E-state index in [4.69, 9.17) is 13.3 Å². The summed E-state index contributed by atoms with van der Waals surface area (Å²) >= 11 is 0. The fourth-order valence-corrected chi connectivity index (χ4v) is 5.98. The largest absolute Gasteiger partial charge is 0.501 e. The maximum absolute atomic E-state index is 6.42. The number of nitrogens with one attached hydrogen (secondary N) is 2. The van der Waals surface area contributed by atoms with E-state index in [9.17, 15) is 0 Å². The first-order valence-electron chi connectivity index (χ1n) is 9.69. The van der Waals surface area contributed by atoms with Gasteiger partial charge >= 0.3 is 8.80 Å². The molecule has 0 saturated carbocycles. The Morgan fingerprint density at radius 2 is 1.79 bits per heavy atom. The zero-order chi connectivity index (χ0) is 17.7. The number of nitrogens with zero attached hydrogens (tertiary/aromatic N) is 1. The first-order chi connectivity index (χ1) is 11.7. The third kappa shape index (κ3) is 8.89. The van der Waals surface area contributed by atoms with Crippen molar-refractivity contribution in [3.63, 3.8) is 0 Å². The molecule has 1 rings (SSSR count). The van der Waals surface area contributed by atoms with Crippen molar-refractivity contribution in [3.05, 3.63) is 0 Å². The molecule has 1 aliphatic heterocycles. The zero-order valence-corrected chi connectivity index (χ0v) is 17.2. The summed E-state index contributed by atoms with van der Waals surface area (Å²) in [5, 5.41) is 6.59. The average Bonchev–Trinajstić information content (AvgIpc) is 2.58.